The zero-order valence-corrected chi connectivity index (χ0v) is 28.7. The number of rotatable bonds is 6. The van der Waals surface area contributed by atoms with E-state index < -0.39 is 5.91 Å². The molecule has 6 nitrogen and oxygen atoms in total. The molecule has 0 atom stereocenters. The molecule has 2 N–H and O–H groups in total. The Morgan fingerprint density at radius 1 is 0.634 bits per heavy atom. The van der Waals surface area contributed by atoms with Gasteiger partial charge < -0.3 is 16.3 Å². The number of hydrogen-bond acceptors (Lipinski definition) is 4. The van der Waals surface area contributed by atoms with Crippen molar-refractivity contribution in [3.8, 4) is 22.3 Å². The molecule has 3 rings (SSSR count). The Hall–Kier alpha value is -2.80. The first-order chi connectivity index (χ1) is 18.6. The molecule has 0 saturated carbocycles. The summed E-state index contributed by atoms with van der Waals surface area (Å²) in [6.45, 7) is 18.5. The Bertz CT molecular complexity index is 1250. The van der Waals surface area contributed by atoms with Crippen molar-refractivity contribution in [1.82, 2.24) is 0 Å². The van der Waals surface area contributed by atoms with Crippen molar-refractivity contribution in [2.45, 2.75) is 76.7 Å². The summed E-state index contributed by atoms with van der Waals surface area (Å²) in [6.07, 6.45) is 0.690. The Balaban J connectivity index is -0.000000629. The first-order valence-corrected chi connectivity index (χ1v) is 13.3. The molecule has 7 heteroatoms. The first-order valence-electron chi connectivity index (χ1n) is 13.3. The molecule has 0 aliphatic rings. The molecule has 0 aliphatic carbocycles. The first kappa shape index (κ1) is 45.2. The van der Waals surface area contributed by atoms with Crippen molar-refractivity contribution in [2.75, 3.05) is 7.05 Å². The van der Waals surface area contributed by atoms with E-state index in [4.69, 9.17) is 11.5 Å². The second kappa shape index (κ2) is 23.9. The van der Waals surface area contributed by atoms with Crippen molar-refractivity contribution in [1.29, 1.82) is 0 Å². The van der Waals surface area contributed by atoms with Gasteiger partial charge in [-0.1, -0.05) is 73.2 Å². The number of aldehydes is 1. The van der Waals surface area contributed by atoms with Crippen LogP contribution in [-0.4, -0.2) is 30.8 Å². The topological polar surface area (TPSA) is 116 Å². The normalized spacial score (nSPS) is 8.59. The zero-order chi connectivity index (χ0) is 30.9. The van der Waals surface area contributed by atoms with Gasteiger partial charge in [0.1, 0.15) is 0 Å². The molecule has 0 unspecified atom stereocenters. The van der Waals surface area contributed by atoms with Crippen molar-refractivity contribution in [3.05, 3.63) is 93.4 Å². The molecule has 41 heavy (non-hydrogen) atoms. The standard InChI is InChI=1S/C26H23NO4.3C2H6.CH4N.CH4.Y/c1-14-9-23(16(3)29)20(13-28)11-21(14)18-5-7-19(8-6-18)22-12-24(17(4)30)25(26(27)31)10-15(22)2;4*1-2;;/h5-13H,1-4H3,(H2,27,31);3*1-2H3;2H,1H3;1H4;/q;;;;-1;;/p-1. The van der Waals surface area contributed by atoms with Crippen LogP contribution >= 0.6 is 0 Å². The second-order valence-electron chi connectivity index (χ2n) is 7.60. The SMILES string of the molecule is C.CC.CC.CC.CC(=O)c1cc(C)c(-c2ccc(-c3cc(C(C)=O)c(C([NH-])=O)cc3C)cc2)cc1C=O.C[NH-].[Y]. The van der Waals surface area contributed by atoms with Gasteiger partial charge in [-0.2, -0.15) is 7.05 Å². The van der Waals surface area contributed by atoms with Crippen LogP contribution in [-0.2, 0) is 32.7 Å². The summed E-state index contributed by atoms with van der Waals surface area (Å²) >= 11 is 0. The molecule has 0 heterocycles. The van der Waals surface area contributed by atoms with Crippen LogP contribution < -0.4 is 0 Å². The van der Waals surface area contributed by atoms with Crippen molar-refractivity contribution < 1.29 is 51.9 Å². The van der Waals surface area contributed by atoms with Crippen LogP contribution in [0.5, 0.6) is 0 Å². The van der Waals surface area contributed by atoms with Gasteiger partial charge in [0.2, 0.25) is 0 Å². The summed E-state index contributed by atoms with van der Waals surface area (Å²) in [5, 5.41) is 0. The third-order valence-corrected chi connectivity index (χ3v) is 5.40. The zero-order valence-electron chi connectivity index (χ0n) is 25.9. The van der Waals surface area contributed by atoms with Crippen molar-refractivity contribution in [3.63, 3.8) is 0 Å². The summed E-state index contributed by atoms with van der Waals surface area (Å²) in [5.41, 5.74) is 19.3. The Labute approximate surface area is 273 Å². The summed E-state index contributed by atoms with van der Waals surface area (Å²) in [6, 6.07) is 14.3. The molecule has 1 amide bonds. The van der Waals surface area contributed by atoms with E-state index in [9.17, 15) is 19.2 Å². The molecule has 0 saturated heterocycles. The monoisotopic (exact) mass is 637 g/mol. The van der Waals surface area contributed by atoms with Crippen LogP contribution in [0.2, 0.25) is 0 Å². The molecule has 3 aromatic carbocycles. The van der Waals surface area contributed by atoms with Gasteiger partial charge in [-0.05, 0) is 85.3 Å². The number of nitrogens with one attached hydrogen (secondary N) is 2. The maximum Gasteiger partial charge on any atom is 0.160 e. The fourth-order valence-corrected chi connectivity index (χ4v) is 3.77. The van der Waals surface area contributed by atoms with Crippen molar-refractivity contribution >= 4 is 23.8 Å². The number of hydrogen-bond donors (Lipinski definition) is 0. The van der Waals surface area contributed by atoms with Gasteiger partial charge in [-0.15, -0.1) is 0 Å². The summed E-state index contributed by atoms with van der Waals surface area (Å²) in [5.74, 6) is -1.31. The maximum atomic E-state index is 12.0. The molecular formula is C34H48N2O4Y-2. The number of carbonyl (C=O) groups is 4. The maximum absolute atomic E-state index is 12.0. The van der Waals surface area contributed by atoms with Gasteiger partial charge in [-0.3, -0.25) is 14.4 Å². The molecular weight excluding hydrogens is 589 g/mol. The Kier molecular flexibility index (Phi) is 26.3. The van der Waals surface area contributed by atoms with Gasteiger partial charge in [0.15, 0.2) is 17.9 Å². The van der Waals surface area contributed by atoms with E-state index in [-0.39, 0.29) is 62.8 Å². The Morgan fingerprint density at radius 2 is 0.976 bits per heavy atom. The molecule has 0 fully saturated rings. The number of amides is 1. The van der Waals surface area contributed by atoms with Crippen LogP contribution in [0.15, 0.2) is 48.5 Å². The quantitative estimate of drug-likeness (QED) is 0.197. The van der Waals surface area contributed by atoms with E-state index in [1.54, 1.807) is 24.3 Å². The van der Waals surface area contributed by atoms with E-state index in [1.165, 1.54) is 20.9 Å². The number of carbonyl (C=O) groups excluding carboxylic acids is 4. The minimum atomic E-state index is -0.884. The van der Waals surface area contributed by atoms with Crippen LogP contribution in [0.3, 0.4) is 0 Å². The molecule has 223 valence electrons. The number of benzene rings is 3. The average molecular weight is 638 g/mol. The van der Waals surface area contributed by atoms with E-state index >= 15 is 0 Å². The average Bonchev–Trinajstić information content (AvgIpc) is 2.97. The van der Waals surface area contributed by atoms with Gasteiger partial charge in [0, 0.05) is 55.0 Å². The molecule has 0 spiro atoms. The molecule has 0 bridgehead atoms. The second-order valence-corrected chi connectivity index (χ2v) is 7.60. The number of Topliss-reactive ketones (excluding diaryl/α,β-unsaturated/α-hetero) is 2. The molecule has 0 aliphatic heterocycles. The molecule has 1 radical (unpaired) electrons. The van der Waals surface area contributed by atoms with Crippen LogP contribution in [0.25, 0.3) is 33.7 Å². The fraction of sp³-hybridized carbons (Fsp3) is 0.353. The summed E-state index contributed by atoms with van der Waals surface area (Å²) in [4.78, 5) is 46.8. The number of ketones is 2. The molecule has 0 aromatic heterocycles. The van der Waals surface area contributed by atoms with Crippen LogP contribution in [0, 0.1) is 13.8 Å². The van der Waals surface area contributed by atoms with E-state index in [0.717, 1.165) is 33.4 Å². The van der Waals surface area contributed by atoms with Crippen LogP contribution in [0.4, 0.5) is 0 Å². The van der Waals surface area contributed by atoms with Crippen molar-refractivity contribution in [2.24, 2.45) is 0 Å². The van der Waals surface area contributed by atoms with Gasteiger partial charge in [-0.25, -0.2) is 0 Å². The minimum absolute atomic E-state index is 0. The molecule has 3 aromatic rings. The number of aryl methyl sites for hydroxylation is 2. The Morgan fingerprint density at radius 3 is 1.29 bits per heavy atom. The van der Waals surface area contributed by atoms with E-state index in [0.29, 0.717) is 17.4 Å². The predicted molar refractivity (Wildman–Crippen MR) is 172 cm³/mol. The third kappa shape index (κ3) is 12.3. The van der Waals surface area contributed by atoms with E-state index in [2.05, 4.69) is 0 Å². The fourth-order valence-electron chi connectivity index (χ4n) is 3.77. The third-order valence-electron chi connectivity index (χ3n) is 5.40. The van der Waals surface area contributed by atoms with Gasteiger partial charge in [0.05, 0.1) is 5.91 Å². The summed E-state index contributed by atoms with van der Waals surface area (Å²) < 4.78 is 0. The summed E-state index contributed by atoms with van der Waals surface area (Å²) in [7, 11) is 1.25. The van der Waals surface area contributed by atoms with Gasteiger partial charge >= 0.3 is 0 Å². The minimum Gasteiger partial charge on any atom is -0.680 e. The largest absolute Gasteiger partial charge is 0.680 e. The van der Waals surface area contributed by atoms with Crippen LogP contribution in [0.1, 0.15) is 115 Å². The smallest absolute Gasteiger partial charge is 0.160 e. The van der Waals surface area contributed by atoms with E-state index in [1.807, 2.05) is 79.7 Å². The predicted octanol–water partition coefficient (Wildman–Crippen LogP) is 10.4. The van der Waals surface area contributed by atoms with Gasteiger partial charge in [0.25, 0.3) is 0 Å².